The molecule has 0 amide bonds. The van der Waals surface area contributed by atoms with E-state index in [9.17, 15) is 26.7 Å². The molecule has 2 aromatic rings. The minimum atomic E-state index is -4.61. The molecule has 1 aromatic carbocycles. The zero-order chi connectivity index (χ0) is 19.6. The molecule has 144 valence electrons. The van der Waals surface area contributed by atoms with Crippen LogP contribution in [0.25, 0.3) is 11.3 Å². The summed E-state index contributed by atoms with van der Waals surface area (Å²) in [4.78, 5) is 19.1. The number of nitrogens with zero attached hydrogens (tertiary/aromatic N) is 2. The van der Waals surface area contributed by atoms with Crippen LogP contribution in [0.1, 0.15) is 24.1 Å². The Morgan fingerprint density at radius 2 is 1.96 bits per heavy atom. The number of nitrogens with one attached hydrogen (secondary N) is 1. The van der Waals surface area contributed by atoms with Gasteiger partial charge in [-0.3, -0.25) is 9.78 Å². The van der Waals surface area contributed by atoms with Crippen molar-refractivity contribution >= 4 is 5.78 Å². The van der Waals surface area contributed by atoms with Crippen LogP contribution in [0.4, 0.5) is 22.0 Å². The number of halogens is 5. The van der Waals surface area contributed by atoms with E-state index < -0.39 is 29.9 Å². The monoisotopic (exact) mass is 385 g/mol. The predicted octanol–water partition coefficient (Wildman–Crippen LogP) is 3.50. The van der Waals surface area contributed by atoms with Gasteiger partial charge in [0.15, 0.2) is 11.5 Å². The van der Waals surface area contributed by atoms with Gasteiger partial charge in [-0.25, -0.2) is 13.8 Å². The van der Waals surface area contributed by atoms with Gasteiger partial charge in [-0.05, 0) is 43.1 Å². The maximum Gasteiger partial charge on any atom is 0.434 e. The Morgan fingerprint density at radius 3 is 2.56 bits per heavy atom. The smallest absolute Gasteiger partial charge is 0.305 e. The van der Waals surface area contributed by atoms with E-state index >= 15 is 0 Å². The van der Waals surface area contributed by atoms with E-state index in [-0.39, 0.29) is 36.3 Å². The third kappa shape index (κ3) is 4.65. The standard InChI is InChI=1S/C18H16F5N3O/c19-12-6-10(1-2-15(27)17-13(20)3-4-24-17)5-11(7-12)14-8-26-16(9-25-14)18(21,22)23/h5-9,13,17,24H,1-4H2/t13-,17-/m0/s1. The molecular formula is C18H16F5N3O. The molecule has 0 saturated carbocycles. The second-order valence-corrected chi connectivity index (χ2v) is 6.34. The van der Waals surface area contributed by atoms with Crippen molar-refractivity contribution in [2.45, 2.75) is 37.7 Å². The number of carbonyl (C=O) groups is 1. The van der Waals surface area contributed by atoms with Crippen molar-refractivity contribution in [2.24, 2.45) is 0 Å². The highest BCUT2D eigenvalue weighted by Gasteiger charge is 2.33. The molecule has 0 bridgehead atoms. The Bertz CT molecular complexity index is 823. The quantitative estimate of drug-likeness (QED) is 0.801. The summed E-state index contributed by atoms with van der Waals surface area (Å²) < 4.78 is 65.1. The van der Waals surface area contributed by atoms with E-state index in [2.05, 4.69) is 15.3 Å². The topological polar surface area (TPSA) is 54.9 Å². The fourth-order valence-electron chi connectivity index (χ4n) is 2.98. The first-order chi connectivity index (χ1) is 12.7. The molecule has 4 nitrogen and oxygen atoms in total. The van der Waals surface area contributed by atoms with Crippen molar-refractivity contribution < 1.29 is 26.7 Å². The van der Waals surface area contributed by atoms with Crippen LogP contribution in [-0.2, 0) is 17.4 Å². The molecule has 3 rings (SSSR count). The van der Waals surface area contributed by atoms with Gasteiger partial charge < -0.3 is 5.32 Å². The summed E-state index contributed by atoms with van der Waals surface area (Å²) in [5.41, 5.74) is -0.343. The predicted molar refractivity (Wildman–Crippen MR) is 87.1 cm³/mol. The van der Waals surface area contributed by atoms with Gasteiger partial charge in [-0.15, -0.1) is 0 Å². The second-order valence-electron chi connectivity index (χ2n) is 6.34. The molecule has 2 atom stereocenters. The van der Waals surface area contributed by atoms with Gasteiger partial charge in [0, 0.05) is 12.0 Å². The number of ketones is 1. The van der Waals surface area contributed by atoms with Gasteiger partial charge in [0.1, 0.15) is 12.0 Å². The molecule has 1 aliphatic heterocycles. The third-order valence-electron chi connectivity index (χ3n) is 4.35. The lowest BCUT2D eigenvalue weighted by Gasteiger charge is -2.12. The Hall–Kier alpha value is -2.42. The summed E-state index contributed by atoms with van der Waals surface area (Å²) in [7, 11) is 0. The summed E-state index contributed by atoms with van der Waals surface area (Å²) in [6.07, 6.45) is -3.83. The molecule has 1 aromatic heterocycles. The first kappa shape index (κ1) is 19.3. The molecule has 0 spiro atoms. The van der Waals surface area contributed by atoms with Gasteiger partial charge in [0.05, 0.1) is 24.1 Å². The molecule has 0 unspecified atom stereocenters. The number of benzene rings is 1. The average molecular weight is 385 g/mol. The first-order valence-electron chi connectivity index (χ1n) is 8.33. The highest BCUT2D eigenvalue weighted by molar-refractivity contribution is 5.85. The largest absolute Gasteiger partial charge is 0.434 e. The van der Waals surface area contributed by atoms with Crippen LogP contribution in [0, 0.1) is 5.82 Å². The molecule has 1 saturated heterocycles. The van der Waals surface area contributed by atoms with Crippen LogP contribution in [0.15, 0.2) is 30.6 Å². The fraction of sp³-hybridized carbons (Fsp3) is 0.389. The molecule has 1 fully saturated rings. The van der Waals surface area contributed by atoms with E-state index in [1.54, 1.807) is 0 Å². The van der Waals surface area contributed by atoms with Crippen molar-refractivity contribution in [3.8, 4) is 11.3 Å². The van der Waals surface area contributed by atoms with E-state index in [4.69, 9.17) is 0 Å². The lowest BCUT2D eigenvalue weighted by molar-refractivity contribution is -0.141. The third-order valence-corrected chi connectivity index (χ3v) is 4.35. The highest BCUT2D eigenvalue weighted by atomic mass is 19.4. The maximum absolute atomic E-state index is 13.9. The van der Waals surface area contributed by atoms with Crippen molar-refractivity contribution in [1.82, 2.24) is 15.3 Å². The fourth-order valence-corrected chi connectivity index (χ4v) is 2.98. The van der Waals surface area contributed by atoms with Crippen molar-refractivity contribution in [2.75, 3.05) is 6.54 Å². The SMILES string of the molecule is O=C(CCc1cc(F)cc(-c2cnc(C(F)(F)F)cn2)c1)[C@H]1NCC[C@@H]1F. The molecule has 1 N–H and O–H groups in total. The summed E-state index contributed by atoms with van der Waals surface area (Å²) in [6, 6.07) is 3.05. The Morgan fingerprint density at radius 1 is 1.19 bits per heavy atom. The number of aryl methyl sites for hydroxylation is 1. The molecular weight excluding hydrogens is 369 g/mol. The van der Waals surface area contributed by atoms with Crippen LogP contribution in [0.2, 0.25) is 0 Å². The van der Waals surface area contributed by atoms with Crippen LogP contribution < -0.4 is 5.32 Å². The number of Topliss-reactive ketones (excluding diaryl/α,β-unsaturated/α-hetero) is 1. The van der Waals surface area contributed by atoms with Crippen molar-refractivity contribution in [1.29, 1.82) is 0 Å². The number of alkyl halides is 4. The summed E-state index contributed by atoms with van der Waals surface area (Å²) in [5, 5.41) is 2.80. The highest BCUT2D eigenvalue weighted by Crippen LogP contribution is 2.28. The second kappa shape index (κ2) is 7.67. The minimum absolute atomic E-state index is 0.0275. The Labute approximate surface area is 151 Å². The normalized spacial score (nSPS) is 20.0. The molecule has 0 radical (unpaired) electrons. The lowest BCUT2D eigenvalue weighted by atomic mass is 9.99. The van der Waals surface area contributed by atoms with E-state index in [0.29, 0.717) is 18.3 Å². The summed E-state index contributed by atoms with van der Waals surface area (Å²) >= 11 is 0. The van der Waals surface area contributed by atoms with Gasteiger partial charge in [-0.2, -0.15) is 13.2 Å². The number of hydrogen-bond acceptors (Lipinski definition) is 4. The van der Waals surface area contributed by atoms with Crippen LogP contribution >= 0.6 is 0 Å². The number of rotatable bonds is 5. The zero-order valence-electron chi connectivity index (χ0n) is 14.1. The molecule has 9 heteroatoms. The molecule has 0 aliphatic carbocycles. The zero-order valence-corrected chi connectivity index (χ0v) is 14.1. The molecule has 27 heavy (non-hydrogen) atoms. The Kier molecular flexibility index (Phi) is 5.50. The van der Waals surface area contributed by atoms with E-state index in [1.807, 2.05) is 0 Å². The van der Waals surface area contributed by atoms with Gasteiger partial charge in [0.2, 0.25) is 0 Å². The van der Waals surface area contributed by atoms with E-state index in [1.165, 1.54) is 12.1 Å². The number of hydrogen-bond donors (Lipinski definition) is 1. The number of carbonyl (C=O) groups excluding carboxylic acids is 1. The molecule has 2 heterocycles. The van der Waals surface area contributed by atoms with Crippen LogP contribution in [0.3, 0.4) is 0 Å². The first-order valence-corrected chi connectivity index (χ1v) is 8.33. The number of aromatic nitrogens is 2. The van der Waals surface area contributed by atoms with Crippen molar-refractivity contribution in [3.05, 3.63) is 47.7 Å². The molecule has 1 aliphatic rings. The van der Waals surface area contributed by atoms with Gasteiger partial charge in [-0.1, -0.05) is 0 Å². The van der Waals surface area contributed by atoms with Crippen LogP contribution in [-0.4, -0.2) is 34.5 Å². The lowest BCUT2D eigenvalue weighted by Crippen LogP contribution is -2.36. The maximum atomic E-state index is 13.9. The van der Waals surface area contributed by atoms with Gasteiger partial charge in [0.25, 0.3) is 0 Å². The van der Waals surface area contributed by atoms with Gasteiger partial charge >= 0.3 is 6.18 Å². The summed E-state index contributed by atoms with van der Waals surface area (Å²) in [6.45, 7) is 0.439. The van der Waals surface area contributed by atoms with E-state index in [0.717, 1.165) is 12.3 Å². The minimum Gasteiger partial charge on any atom is -0.305 e. The summed E-state index contributed by atoms with van der Waals surface area (Å²) in [5.74, 6) is -0.904. The Balaban J connectivity index is 1.73. The average Bonchev–Trinajstić information content (AvgIpc) is 3.05. The van der Waals surface area contributed by atoms with Crippen molar-refractivity contribution in [3.63, 3.8) is 0 Å². The van der Waals surface area contributed by atoms with Crippen LogP contribution in [0.5, 0.6) is 0 Å².